The van der Waals surface area contributed by atoms with Crippen molar-refractivity contribution in [3.8, 4) is 6.07 Å². The van der Waals surface area contributed by atoms with Gasteiger partial charge in [0.2, 0.25) is 0 Å². The first-order valence-electron chi connectivity index (χ1n) is 10.7. The molecule has 2 aliphatic rings. The topological polar surface area (TPSA) is 120 Å². The second-order valence-corrected chi connectivity index (χ2v) is 10.6. The first-order chi connectivity index (χ1) is 15.8. The van der Waals surface area contributed by atoms with E-state index in [4.69, 9.17) is 0 Å². The minimum Gasteiger partial charge on any atom is -0.465 e. The van der Waals surface area contributed by atoms with Crippen LogP contribution < -0.4 is 4.90 Å². The van der Waals surface area contributed by atoms with Gasteiger partial charge in [-0.15, -0.1) is 0 Å². The van der Waals surface area contributed by atoms with Crippen molar-refractivity contribution < 1.29 is 18.3 Å². The van der Waals surface area contributed by atoms with Crippen LogP contribution in [0.2, 0.25) is 0 Å². The molecular weight excluding hydrogens is 442 g/mol. The van der Waals surface area contributed by atoms with Crippen molar-refractivity contribution in [3.05, 3.63) is 54.4 Å². The van der Waals surface area contributed by atoms with Crippen LogP contribution in [0.1, 0.15) is 18.4 Å². The van der Waals surface area contributed by atoms with Crippen LogP contribution in [0.4, 0.5) is 10.5 Å². The van der Waals surface area contributed by atoms with Gasteiger partial charge in [-0.2, -0.15) is 5.26 Å². The number of carboxylic acid groups (broad SMARTS) is 1. The van der Waals surface area contributed by atoms with E-state index in [1.807, 2.05) is 11.9 Å². The Morgan fingerprint density at radius 2 is 1.85 bits per heavy atom. The molecule has 3 aromatic rings. The molecule has 1 saturated carbocycles. The van der Waals surface area contributed by atoms with Crippen molar-refractivity contribution >= 4 is 32.8 Å². The molecule has 33 heavy (non-hydrogen) atoms. The van der Waals surface area contributed by atoms with Gasteiger partial charge in [0, 0.05) is 44.0 Å². The number of pyridine rings is 1. The SMILES string of the molecule is CN(c1c(C#N)cnc2c1ccn2S(=O)(=O)c1ccccc1)[C@H]1C[C@@H]2CN(C(=O)O)C[C@@H]2C1. The zero-order valence-corrected chi connectivity index (χ0v) is 18.8. The van der Waals surface area contributed by atoms with Crippen molar-refractivity contribution in [3.63, 3.8) is 0 Å². The van der Waals surface area contributed by atoms with E-state index in [2.05, 4.69) is 11.1 Å². The number of anilines is 1. The Hall–Kier alpha value is -3.58. The lowest BCUT2D eigenvalue weighted by Gasteiger charge is -2.29. The van der Waals surface area contributed by atoms with E-state index in [0.29, 0.717) is 41.6 Å². The van der Waals surface area contributed by atoms with Crippen molar-refractivity contribution in [2.45, 2.75) is 23.8 Å². The Morgan fingerprint density at radius 1 is 1.18 bits per heavy atom. The van der Waals surface area contributed by atoms with Crippen LogP contribution >= 0.6 is 0 Å². The van der Waals surface area contributed by atoms with Crippen LogP contribution in [0.15, 0.2) is 53.7 Å². The van der Waals surface area contributed by atoms with Crippen LogP contribution in [0.25, 0.3) is 11.0 Å². The lowest BCUT2D eigenvalue weighted by atomic mass is 10.0. The Labute approximate surface area is 191 Å². The van der Waals surface area contributed by atoms with Crippen molar-refractivity contribution in [2.75, 3.05) is 25.0 Å². The highest BCUT2D eigenvalue weighted by Gasteiger charge is 2.44. The highest BCUT2D eigenvalue weighted by molar-refractivity contribution is 7.90. The summed E-state index contributed by atoms with van der Waals surface area (Å²) in [5.74, 6) is 0.582. The number of likely N-dealkylation sites (tertiary alicyclic amines) is 1. The van der Waals surface area contributed by atoms with Crippen LogP contribution in [0.5, 0.6) is 0 Å². The van der Waals surface area contributed by atoms with E-state index in [0.717, 1.165) is 16.8 Å². The van der Waals surface area contributed by atoms with Crippen LogP contribution in [0, 0.1) is 23.2 Å². The molecule has 1 aliphatic heterocycles. The van der Waals surface area contributed by atoms with Crippen LogP contribution in [-0.4, -0.2) is 59.7 Å². The monoisotopic (exact) mass is 465 g/mol. The molecule has 2 fully saturated rings. The predicted molar refractivity (Wildman–Crippen MR) is 121 cm³/mol. The maximum atomic E-state index is 13.2. The molecule has 0 spiro atoms. The fraction of sp³-hybridized carbons (Fsp3) is 0.348. The number of amides is 1. The number of hydrogen-bond donors (Lipinski definition) is 1. The normalized spacial score (nSPS) is 22.3. The van der Waals surface area contributed by atoms with E-state index in [1.54, 1.807) is 24.3 Å². The maximum Gasteiger partial charge on any atom is 0.407 e. The second kappa shape index (κ2) is 7.78. The average Bonchev–Trinajstić information content (AvgIpc) is 3.51. The zero-order valence-electron chi connectivity index (χ0n) is 18.0. The third kappa shape index (κ3) is 3.40. The standard InChI is InChI=1S/C23H23N5O4S/c1-26(18-9-15-13-27(23(29)30)14-16(15)10-18)21-17(11-24)12-25-22-20(21)7-8-28(22)33(31,32)19-5-3-2-4-6-19/h2-8,12,15-16,18H,9-10,13-14H2,1H3,(H,29,30)/t15-,16+,18+. The molecule has 9 nitrogen and oxygen atoms in total. The van der Waals surface area contributed by atoms with Gasteiger partial charge in [-0.05, 0) is 42.9 Å². The smallest absolute Gasteiger partial charge is 0.407 e. The first-order valence-corrected chi connectivity index (χ1v) is 12.2. The molecule has 0 bridgehead atoms. The maximum absolute atomic E-state index is 13.2. The molecule has 3 atom stereocenters. The van der Waals surface area contributed by atoms with E-state index in [-0.39, 0.29) is 16.6 Å². The molecule has 3 heterocycles. The summed E-state index contributed by atoms with van der Waals surface area (Å²) in [5, 5.41) is 19.6. The number of aromatic nitrogens is 2. The molecule has 1 aliphatic carbocycles. The highest BCUT2D eigenvalue weighted by atomic mass is 32.2. The van der Waals surface area contributed by atoms with Crippen molar-refractivity contribution in [1.29, 1.82) is 5.26 Å². The molecule has 1 N–H and O–H groups in total. The van der Waals surface area contributed by atoms with Gasteiger partial charge in [-0.25, -0.2) is 22.2 Å². The summed E-state index contributed by atoms with van der Waals surface area (Å²) in [7, 11) is -1.92. The molecule has 0 radical (unpaired) electrons. The van der Waals surface area contributed by atoms with Crippen LogP contribution in [0.3, 0.4) is 0 Å². The van der Waals surface area contributed by atoms with E-state index >= 15 is 0 Å². The Kier molecular flexibility index (Phi) is 5.01. The minimum atomic E-state index is -3.84. The lowest BCUT2D eigenvalue weighted by molar-refractivity contribution is 0.152. The number of rotatable bonds is 4. The highest BCUT2D eigenvalue weighted by Crippen LogP contribution is 2.42. The van der Waals surface area contributed by atoms with Gasteiger partial charge in [0.25, 0.3) is 10.0 Å². The van der Waals surface area contributed by atoms with Crippen molar-refractivity contribution in [1.82, 2.24) is 13.9 Å². The fourth-order valence-electron chi connectivity index (χ4n) is 5.33. The van der Waals surface area contributed by atoms with Gasteiger partial charge in [0.05, 0.1) is 16.1 Å². The third-order valence-electron chi connectivity index (χ3n) is 6.97. The second-order valence-electron chi connectivity index (χ2n) is 8.74. The van der Waals surface area contributed by atoms with E-state index in [9.17, 15) is 23.6 Å². The molecule has 170 valence electrons. The number of nitriles is 1. The summed E-state index contributed by atoms with van der Waals surface area (Å²) in [6, 6.07) is 12.2. The molecular formula is C23H23N5O4S. The van der Waals surface area contributed by atoms with Gasteiger partial charge in [0.15, 0.2) is 5.65 Å². The average molecular weight is 466 g/mol. The summed E-state index contributed by atoms with van der Waals surface area (Å²) < 4.78 is 27.6. The van der Waals surface area contributed by atoms with E-state index < -0.39 is 16.1 Å². The summed E-state index contributed by atoms with van der Waals surface area (Å²) in [6.07, 6.45) is 3.67. The summed E-state index contributed by atoms with van der Waals surface area (Å²) in [5.41, 5.74) is 1.31. The largest absolute Gasteiger partial charge is 0.465 e. The molecule has 1 saturated heterocycles. The quantitative estimate of drug-likeness (QED) is 0.629. The molecule has 10 heteroatoms. The first kappa shape index (κ1) is 21.3. The van der Waals surface area contributed by atoms with E-state index in [1.165, 1.54) is 29.4 Å². The van der Waals surface area contributed by atoms with Gasteiger partial charge < -0.3 is 14.9 Å². The number of nitrogens with zero attached hydrogens (tertiary/aromatic N) is 5. The molecule has 0 unspecified atom stereocenters. The zero-order chi connectivity index (χ0) is 23.3. The summed E-state index contributed by atoms with van der Waals surface area (Å²) in [6.45, 7) is 1.07. The molecule has 5 rings (SSSR count). The van der Waals surface area contributed by atoms with Gasteiger partial charge in [-0.3, -0.25) is 0 Å². The lowest BCUT2D eigenvalue weighted by Crippen LogP contribution is -2.34. The van der Waals surface area contributed by atoms with Crippen molar-refractivity contribution in [2.24, 2.45) is 11.8 Å². The third-order valence-corrected chi connectivity index (χ3v) is 8.65. The molecule has 2 aromatic heterocycles. The predicted octanol–water partition coefficient (Wildman–Crippen LogP) is 2.97. The Morgan fingerprint density at radius 3 is 2.45 bits per heavy atom. The summed E-state index contributed by atoms with van der Waals surface area (Å²) >= 11 is 0. The van der Waals surface area contributed by atoms with Gasteiger partial charge >= 0.3 is 6.09 Å². The number of carbonyl (C=O) groups is 1. The number of benzene rings is 1. The fourth-order valence-corrected chi connectivity index (χ4v) is 6.66. The van der Waals surface area contributed by atoms with Crippen LogP contribution in [-0.2, 0) is 10.0 Å². The summed E-state index contributed by atoms with van der Waals surface area (Å²) in [4.78, 5) is 19.3. The Bertz CT molecular complexity index is 1370. The Balaban J connectivity index is 1.52. The molecule has 1 amide bonds. The van der Waals surface area contributed by atoms with Gasteiger partial charge in [-0.1, -0.05) is 18.2 Å². The number of fused-ring (bicyclic) bond motifs is 2. The van der Waals surface area contributed by atoms with Gasteiger partial charge in [0.1, 0.15) is 6.07 Å². The molecule has 1 aromatic carbocycles. The number of hydrogen-bond acceptors (Lipinski definition) is 6. The minimum absolute atomic E-state index is 0.128.